The molecule has 5 nitrogen and oxygen atoms in total. The molecule has 20 heavy (non-hydrogen) atoms. The summed E-state index contributed by atoms with van der Waals surface area (Å²) in [6.45, 7) is 1.36. The molecule has 1 heterocycles. The lowest BCUT2D eigenvalue weighted by Gasteiger charge is -2.17. The van der Waals surface area contributed by atoms with Crippen molar-refractivity contribution in [2.75, 3.05) is 19.7 Å². The van der Waals surface area contributed by atoms with E-state index in [-0.39, 0.29) is 18.6 Å². The normalized spacial score (nSPS) is 16.6. The van der Waals surface area contributed by atoms with Crippen LogP contribution in [0.15, 0.2) is 35.3 Å². The number of aliphatic hydroxyl groups excluding tert-OH is 1. The predicted octanol–water partition coefficient (Wildman–Crippen LogP) is 0.488. The molecule has 0 fully saturated rings. The summed E-state index contributed by atoms with van der Waals surface area (Å²) in [7, 11) is 0. The van der Waals surface area contributed by atoms with Crippen molar-refractivity contribution in [3.63, 3.8) is 0 Å². The number of amides is 1. The number of benzene rings is 1. The molecule has 108 valence electrons. The second-order valence-corrected chi connectivity index (χ2v) is 4.91. The number of aliphatic imine (C=N–C) groups is 1. The smallest absolute Gasteiger partial charge is 0.286 e. The third-order valence-corrected chi connectivity index (χ3v) is 3.24. The van der Waals surface area contributed by atoms with Crippen LogP contribution in [0.1, 0.15) is 18.4 Å². The van der Waals surface area contributed by atoms with Crippen molar-refractivity contribution < 1.29 is 9.90 Å². The maximum absolute atomic E-state index is 12.1. The van der Waals surface area contributed by atoms with Gasteiger partial charge in [-0.1, -0.05) is 30.3 Å². The number of aliphatic hydroxyl groups is 1. The van der Waals surface area contributed by atoms with Crippen LogP contribution in [0.4, 0.5) is 0 Å². The lowest BCUT2D eigenvalue weighted by molar-refractivity contribution is -0.116. The Hall–Kier alpha value is -1.88. The Balaban J connectivity index is 1.92. The molecule has 1 atom stereocenters. The molecule has 0 radical (unpaired) electrons. The van der Waals surface area contributed by atoms with Gasteiger partial charge < -0.3 is 15.7 Å². The van der Waals surface area contributed by atoms with Gasteiger partial charge in [0.2, 0.25) is 0 Å². The standard InChI is InChI=1S/C15H21N3O2/c19-11-13(10-12-6-2-1-3-7-12)18-15(20)14-16-8-4-5-9-17-14/h1-3,6-7,13,19H,4-5,8-11H2,(H,16,17)(H,18,20). The van der Waals surface area contributed by atoms with Gasteiger partial charge in [-0.05, 0) is 24.8 Å². The van der Waals surface area contributed by atoms with Crippen molar-refractivity contribution in [2.24, 2.45) is 4.99 Å². The Labute approximate surface area is 119 Å². The van der Waals surface area contributed by atoms with Crippen LogP contribution in [0, 0.1) is 0 Å². The van der Waals surface area contributed by atoms with Crippen molar-refractivity contribution in [2.45, 2.75) is 25.3 Å². The van der Waals surface area contributed by atoms with Crippen LogP contribution in [-0.2, 0) is 11.2 Å². The summed E-state index contributed by atoms with van der Waals surface area (Å²) >= 11 is 0. The summed E-state index contributed by atoms with van der Waals surface area (Å²) in [6.07, 6.45) is 2.63. The molecule has 1 unspecified atom stereocenters. The zero-order valence-electron chi connectivity index (χ0n) is 11.5. The van der Waals surface area contributed by atoms with Crippen LogP contribution < -0.4 is 10.6 Å². The minimum absolute atomic E-state index is 0.0894. The second-order valence-electron chi connectivity index (χ2n) is 4.91. The molecule has 1 aliphatic rings. The lowest BCUT2D eigenvalue weighted by atomic mass is 10.1. The van der Waals surface area contributed by atoms with E-state index in [1.54, 1.807) is 0 Å². The van der Waals surface area contributed by atoms with Crippen LogP contribution in [0.25, 0.3) is 0 Å². The van der Waals surface area contributed by atoms with Gasteiger partial charge in [-0.2, -0.15) is 0 Å². The van der Waals surface area contributed by atoms with Crippen LogP contribution in [-0.4, -0.2) is 42.6 Å². The van der Waals surface area contributed by atoms with E-state index in [4.69, 9.17) is 0 Å². The molecular weight excluding hydrogens is 254 g/mol. The van der Waals surface area contributed by atoms with E-state index in [2.05, 4.69) is 15.6 Å². The largest absolute Gasteiger partial charge is 0.394 e. The Kier molecular flexibility index (Phi) is 5.55. The molecule has 0 aromatic heterocycles. The van der Waals surface area contributed by atoms with E-state index in [0.717, 1.165) is 24.9 Å². The van der Waals surface area contributed by atoms with Crippen molar-refractivity contribution in [1.29, 1.82) is 0 Å². The van der Waals surface area contributed by atoms with E-state index in [1.807, 2.05) is 30.3 Å². The van der Waals surface area contributed by atoms with Crippen molar-refractivity contribution in [3.05, 3.63) is 35.9 Å². The van der Waals surface area contributed by atoms with Crippen LogP contribution in [0.2, 0.25) is 0 Å². The first kappa shape index (κ1) is 14.5. The summed E-state index contributed by atoms with van der Waals surface area (Å²) in [6, 6.07) is 9.51. The van der Waals surface area contributed by atoms with Gasteiger partial charge in [-0.3, -0.25) is 9.79 Å². The van der Waals surface area contributed by atoms with Gasteiger partial charge in [0, 0.05) is 13.1 Å². The monoisotopic (exact) mass is 275 g/mol. The number of hydrogen-bond donors (Lipinski definition) is 3. The van der Waals surface area contributed by atoms with Gasteiger partial charge in [0.05, 0.1) is 12.6 Å². The highest BCUT2D eigenvalue weighted by Crippen LogP contribution is 2.03. The molecule has 0 bridgehead atoms. The fourth-order valence-corrected chi connectivity index (χ4v) is 2.16. The first-order valence-corrected chi connectivity index (χ1v) is 7.03. The quantitative estimate of drug-likeness (QED) is 0.732. The molecule has 0 saturated heterocycles. The Bertz CT molecular complexity index is 459. The SMILES string of the molecule is O=C(NC(CO)Cc1ccccc1)C1=NCCCCN1. The average Bonchev–Trinajstić information content (AvgIpc) is 2.76. The third kappa shape index (κ3) is 4.35. The predicted molar refractivity (Wildman–Crippen MR) is 78.7 cm³/mol. The average molecular weight is 275 g/mol. The first-order valence-electron chi connectivity index (χ1n) is 7.03. The van der Waals surface area contributed by atoms with Crippen LogP contribution in [0.3, 0.4) is 0 Å². The third-order valence-electron chi connectivity index (χ3n) is 3.24. The van der Waals surface area contributed by atoms with Crippen LogP contribution in [0.5, 0.6) is 0 Å². The number of hydrogen-bond acceptors (Lipinski definition) is 4. The summed E-state index contributed by atoms with van der Waals surface area (Å²) in [5.74, 6) is 0.149. The molecular formula is C15H21N3O2. The summed E-state index contributed by atoms with van der Waals surface area (Å²) in [5, 5.41) is 15.3. The summed E-state index contributed by atoms with van der Waals surface area (Å²) in [5.41, 5.74) is 1.09. The van der Waals surface area contributed by atoms with Gasteiger partial charge in [0.25, 0.3) is 5.91 Å². The molecule has 1 aromatic carbocycles. The first-order chi connectivity index (χ1) is 9.79. The molecule has 3 N–H and O–H groups in total. The van der Waals surface area contributed by atoms with Gasteiger partial charge in [-0.25, -0.2) is 0 Å². The second kappa shape index (κ2) is 7.65. The van der Waals surface area contributed by atoms with Crippen LogP contribution >= 0.6 is 0 Å². The highest BCUT2D eigenvalue weighted by atomic mass is 16.3. The Morgan fingerprint density at radius 3 is 2.90 bits per heavy atom. The number of carbonyl (C=O) groups excluding carboxylic acids is 1. The molecule has 1 aromatic rings. The van der Waals surface area contributed by atoms with E-state index >= 15 is 0 Å². The highest BCUT2D eigenvalue weighted by molar-refractivity contribution is 6.37. The van der Waals surface area contributed by atoms with Gasteiger partial charge >= 0.3 is 0 Å². The highest BCUT2D eigenvalue weighted by Gasteiger charge is 2.17. The molecule has 1 aliphatic heterocycles. The lowest BCUT2D eigenvalue weighted by Crippen LogP contribution is -2.46. The van der Waals surface area contributed by atoms with E-state index in [9.17, 15) is 9.90 Å². The number of carbonyl (C=O) groups is 1. The number of nitrogens with one attached hydrogen (secondary N) is 2. The fraction of sp³-hybridized carbons (Fsp3) is 0.467. The number of nitrogens with zero attached hydrogens (tertiary/aromatic N) is 1. The van der Waals surface area contributed by atoms with Crippen molar-refractivity contribution >= 4 is 11.7 Å². The van der Waals surface area contributed by atoms with E-state index < -0.39 is 0 Å². The fourth-order valence-electron chi connectivity index (χ4n) is 2.16. The maximum atomic E-state index is 12.1. The molecule has 0 spiro atoms. The minimum atomic E-state index is -0.294. The number of amidine groups is 1. The molecule has 0 aliphatic carbocycles. The summed E-state index contributed by atoms with van der Waals surface area (Å²) in [4.78, 5) is 16.3. The zero-order valence-corrected chi connectivity index (χ0v) is 11.5. The number of rotatable bonds is 5. The van der Waals surface area contributed by atoms with Crippen molar-refractivity contribution in [3.8, 4) is 0 Å². The molecule has 1 amide bonds. The Morgan fingerprint density at radius 2 is 2.15 bits per heavy atom. The summed E-state index contributed by atoms with van der Waals surface area (Å²) < 4.78 is 0. The van der Waals surface area contributed by atoms with Gasteiger partial charge in [0.15, 0.2) is 5.84 Å². The van der Waals surface area contributed by atoms with E-state index in [0.29, 0.717) is 18.8 Å². The molecule has 5 heteroatoms. The Morgan fingerprint density at radius 1 is 1.35 bits per heavy atom. The van der Waals surface area contributed by atoms with E-state index in [1.165, 1.54) is 0 Å². The van der Waals surface area contributed by atoms with Gasteiger partial charge in [0.1, 0.15) is 0 Å². The molecule has 0 saturated carbocycles. The molecule has 2 rings (SSSR count). The van der Waals surface area contributed by atoms with Crippen molar-refractivity contribution in [1.82, 2.24) is 10.6 Å². The maximum Gasteiger partial charge on any atom is 0.286 e. The minimum Gasteiger partial charge on any atom is -0.394 e. The van der Waals surface area contributed by atoms with Gasteiger partial charge in [-0.15, -0.1) is 0 Å². The topological polar surface area (TPSA) is 73.7 Å². The zero-order chi connectivity index (χ0) is 14.2.